The summed E-state index contributed by atoms with van der Waals surface area (Å²) >= 11 is 1.33. The smallest absolute Gasteiger partial charge is 0.254 e. The van der Waals surface area contributed by atoms with Crippen LogP contribution in [0.3, 0.4) is 0 Å². The highest BCUT2D eigenvalue weighted by Gasteiger charge is 2.44. The Labute approximate surface area is 169 Å². The number of thiophene rings is 1. The number of nitrogens with zero attached hydrogens (tertiary/aromatic N) is 1. The number of carbonyl (C=O) groups is 3. The molecule has 1 aromatic rings. The van der Waals surface area contributed by atoms with Crippen molar-refractivity contribution in [2.24, 2.45) is 17.8 Å². The summed E-state index contributed by atoms with van der Waals surface area (Å²) in [5.41, 5.74) is 0.605. The summed E-state index contributed by atoms with van der Waals surface area (Å²) in [4.78, 5) is 38.6. The monoisotopic (exact) mass is 404 g/mol. The van der Waals surface area contributed by atoms with Gasteiger partial charge in [-0.05, 0) is 56.4 Å². The van der Waals surface area contributed by atoms with Gasteiger partial charge < -0.3 is 15.0 Å². The van der Waals surface area contributed by atoms with Gasteiger partial charge in [0.1, 0.15) is 0 Å². The minimum atomic E-state index is -0.0237. The SMILES string of the molecule is CC(=O)N[C@@H]1C[C@@H]2CN(C(=O)c3csc(C(C)=O)c3)C[C@@H]2C[C@H]1OCC1CC1. The van der Waals surface area contributed by atoms with Gasteiger partial charge in [-0.1, -0.05) is 0 Å². The molecule has 0 unspecified atom stereocenters. The quantitative estimate of drug-likeness (QED) is 0.740. The summed E-state index contributed by atoms with van der Waals surface area (Å²) in [5, 5.41) is 4.86. The third-order valence-corrected chi connectivity index (χ3v) is 7.26. The number of nitrogens with one attached hydrogen (secondary N) is 1. The first-order chi connectivity index (χ1) is 13.4. The topological polar surface area (TPSA) is 75.7 Å². The molecule has 1 aromatic heterocycles. The molecule has 1 N–H and O–H groups in total. The van der Waals surface area contributed by atoms with Crippen molar-refractivity contribution in [3.05, 3.63) is 21.9 Å². The number of likely N-dealkylation sites (tertiary alicyclic amines) is 1. The Bertz CT molecular complexity index is 772. The molecule has 2 amide bonds. The highest BCUT2D eigenvalue weighted by Crippen LogP contribution is 2.39. The van der Waals surface area contributed by atoms with Crippen LogP contribution in [0.15, 0.2) is 11.4 Å². The lowest BCUT2D eigenvalue weighted by Gasteiger charge is -2.38. The number of fused-ring (bicyclic) bond motifs is 1. The molecule has 3 aliphatic rings. The van der Waals surface area contributed by atoms with Crippen LogP contribution in [0.25, 0.3) is 0 Å². The van der Waals surface area contributed by atoms with Crippen molar-refractivity contribution in [3.8, 4) is 0 Å². The molecule has 0 spiro atoms. The Balaban J connectivity index is 1.41. The van der Waals surface area contributed by atoms with Crippen molar-refractivity contribution in [3.63, 3.8) is 0 Å². The molecule has 2 heterocycles. The molecule has 28 heavy (non-hydrogen) atoms. The second-order valence-electron chi connectivity index (χ2n) is 8.58. The van der Waals surface area contributed by atoms with E-state index in [0.29, 0.717) is 34.7 Å². The van der Waals surface area contributed by atoms with Crippen LogP contribution in [0.4, 0.5) is 0 Å². The summed E-state index contributed by atoms with van der Waals surface area (Å²) in [6.07, 6.45) is 4.26. The molecule has 1 saturated heterocycles. The molecule has 0 bridgehead atoms. The van der Waals surface area contributed by atoms with Crippen molar-refractivity contribution in [1.29, 1.82) is 0 Å². The number of hydrogen-bond donors (Lipinski definition) is 1. The van der Waals surface area contributed by atoms with Crippen LogP contribution in [-0.4, -0.2) is 54.3 Å². The number of amides is 2. The number of ketones is 1. The van der Waals surface area contributed by atoms with Crippen LogP contribution in [0.1, 0.15) is 59.6 Å². The van der Waals surface area contributed by atoms with E-state index < -0.39 is 0 Å². The zero-order valence-corrected chi connectivity index (χ0v) is 17.3. The average molecular weight is 405 g/mol. The van der Waals surface area contributed by atoms with E-state index in [4.69, 9.17) is 4.74 Å². The Morgan fingerprint density at radius 1 is 1.18 bits per heavy atom. The van der Waals surface area contributed by atoms with Crippen LogP contribution in [0, 0.1) is 17.8 Å². The van der Waals surface area contributed by atoms with Gasteiger partial charge in [-0.2, -0.15) is 0 Å². The predicted molar refractivity (Wildman–Crippen MR) is 107 cm³/mol. The molecule has 0 aromatic carbocycles. The van der Waals surface area contributed by atoms with Gasteiger partial charge in [-0.3, -0.25) is 14.4 Å². The molecular weight excluding hydrogens is 376 g/mol. The molecule has 4 atom stereocenters. The van der Waals surface area contributed by atoms with E-state index in [1.165, 1.54) is 31.1 Å². The predicted octanol–water partition coefficient (Wildman–Crippen LogP) is 2.73. The summed E-state index contributed by atoms with van der Waals surface area (Å²) < 4.78 is 6.18. The first kappa shape index (κ1) is 19.6. The third kappa shape index (κ3) is 4.30. The fraction of sp³-hybridized carbons (Fsp3) is 0.667. The maximum absolute atomic E-state index is 12.9. The van der Waals surface area contributed by atoms with Crippen LogP contribution in [0.2, 0.25) is 0 Å². The minimum absolute atomic E-state index is 0.00433. The van der Waals surface area contributed by atoms with E-state index in [9.17, 15) is 14.4 Å². The molecule has 2 saturated carbocycles. The maximum Gasteiger partial charge on any atom is 0.254 e. The van der Waals surface area contributed by atoms with E-state index in [0.717, 1.165) is 26.0 Å². The molecule has 6 nitrogen and oxygen atoms in total. The molecule has 152 valence electrons. The Hall–Kier alpha value is -1.73. The number of ether oxygens (including phenoxy) is 1. The maximum atomic E-state index is 12.9. The van der Waals surface area contributed by atoms with E-state index in [1.807, 2.05) is 4.90 Å². The highest BCUT2D eigenvalue weighted by molar-refractivity contribution is 7.12. The highest BCUT2D eigenvalue weighted by atomic mass is 32.1. The minimum Gasteiger partial charge on any atom is -0.376 e. The van der Waals surface area contributed by atoms with Crippen LogP contribution in [0.5, 0.6) is 0 Å². The molecule has 1 aliphatic heterocycles. The van der Waals surface area contributed by atoms with Gasteiger partial charge in [0.15, 0.2) is 5.78 Å². The fourth-order valence-corrected chi connectivity index (χ4v) is 5.32. The Morgan fingerprint density at radius 2 is 1.89 bits per heavy atom. The molecule has 7 heteroatoms. The molecule has 0 radical (unpaired) electrons. The molecule has 2 aliphatic carbocycles. The first-order valence-corrected chi connectivity index (χ1v) is 11.1. The summed E-state index contributed by atoms with van der Waals surface area (Å²) in [6, 6.07) is 1.73. The average Bonchev–Trinajstić information content (AvgIpc) is 3.17. The second kappa shape index (κ2) is 7.95. The first-order valence-electron chi connectivity index (χ1n) is 10.2. The van der Waals surface area contributed by atoms with Crippen molar-refractivity contribution in [2.45, 2.75) is 51.7 Å². The van der Waals surface area contributed by atoms with Crippen molar-refractivity contribution < 1.29 is 19.1 Å². The van der Waals surface area contributed by atoms with E-state index in [2.05, 4.69) is 5.32 Å². The van der Waals surface area contributed by atoms with Crippen LogP contribution >= 0.6 is 11.3 Å². The van der Waals surface area contributed by atoms with Gasteiger partial charge in [-0.25, -0.2) is 0 Å². The van der Waals surface area contributed by atoms with Gasteiger partial charge in [0.2, 0.25) is 5.91 Å². The van der Waals surface area contributed by atoms with Gasteiger partial charge in [0.05, 0.1) is 22.6 Å². The van der Waals surface area contributed by atoms with Crippen molar-refractivity contribution in [1.82, 2.24) is 10.2 Å². The molecule has 4 rings (SSSR count). The van der Waals surface area contributed by atoms with E-state index in [1.54, 1.807) is 18.4 Å². The van der Waals surface area contributed by atoms with Gasteiger partial charge >= 0.3 is 0 Å². The zero-order valence-electron chi connectivity index (χ0n) is 16.5. The number of hydrogen-bond acceptors (Lipinski definition) is 5. The van der Waals surface area contributed by atoms with Gasteiger partial charge in [-0.15, -0.1) is 11.3 Å². The fourth-order valence-electron chi connectivity index (χ4n) is 4.54. The number of carbonyl (C=O) groups excluding carboxylic acids is 3. The lowest BCUT2D eigenvalue weighted by Crippen LogP contribution is -2.50. The summed E-state index contributed by atoms with van der Waals surface area (Å²) in [6.45, 7) is 5.29. The largest absolute Gasteiger partial charge is 0.376 e. The van der Waals surface area contributed by atoms with Crippen LogP contribution in [-0.2, 0) is 9.53 Å². The Morgan fingerprint density at radius 3 is 2.50 bits per heavy atom. The summed E-state index contributed by atoms with van der Waals surface area (Å²) in [7, 11) is 0. The number of Topliss-reactive ketones (excluding diaryl/α,β-unsaturated/α-hetero) is 1. The molecular formula is C21H28N2O4S. The Kier molecular flexibility index (Phi) is 5.56. The van der Waals surface area contributed by atoms with Crippen molar-refractivity contribution in [2.75, 3.05) is 19.7 Å². The lowest BCUT2D eigenvalue weighted by molar-refractivity contribution is -0.122. The van der Waals surface area contributed by atoms with Crippen molar-refractivity contribution >= 4 is 28.9 Å². The number of rotatable bonds is 6. The van der Waals surface area contributed by atoms with E-state index in [-0.39, 0.29) is 29.7 Å². The standard InChI is InChI=1S/C21H28N2O4S/c1-12(24)20-7-17(11-28-20)21(26)23-8-15-5-18(22-13(2)25)19(6-16(15)9-23)27-10-14-3-4-14/h7,11,14-16,18-19H,3-6,8-10H2,1-2H3,(H,22,25)/t15-,16+,18-,19-/m1/s1. The second-order valence-corrected chi connectivity index (χ2v) is 9.49. The zero-order chi connectivity index (χ0) is 19.8. The molecule has 3 fully saturated rings. The van der Waals surface area contributed by atoms with E-state index >= 15 is 0 Å². The van der Waals surface area contributed by atoms with Crippen LogP contribution < -0.4 is 5.32 Å². The van der Waals surface area contributed by atoms with Gasteiger partial charge in [0, 0.05) is 32.0 Å². The van der Waals surface area contributed by atoms with Gasteiger partial charge in [0.25, 0.3) is 5.91 Å². The normalized spacial score (nSPS) is 29.4. The third-order valence-electron chi connectivity index (χ3n) is 6.23. The lowest BCUT2D eigenvalue weighted by atomic mass is 9.77. The summed E-state index contributed by atoms with van der Waals surface area (Å²) in [5.74, 6) is 1.45.